The highest BCUT2D eigenvalue weighted by atomic mass is 35.5. The third-order valence-corrected chi connectivity index (χ3v) is 7.99. The van der Waals surface area contributed by atoms with Crippen LogP contribution in [0.4, 0.5) is 4.79 Å². The molecule has 0 spiro atoms. The molecule has 39 heavy (non-hydrogen) atoms. The summed E-state index contributed by atoms with van der Waals surface area (Å²) in [6.07, 6.45) is 1.25. The molecule has 4 aliphatic heterocycles. The maximum atomic E-state index is 13.0. The number of fused-ring (bicyclic) bond motifs is 3. The Morgan fingerprint density at radius 3 is 2.74 bits per heavy atom. The zero-order valence-electron chi connectivity index (χ0n) is 23.1. The number of halogens is 1. The highest BCUT2D eigenvalue weighted by Gasteiger charge is 2.49. The summed E-state index contributed by atoms with van der Waals surface area (Å²) in [6, 6.07) is 5.56. The summed E-state index contributed by atoms with van der Waals surface area (Å²) in [4.78, 5) is 26.3. The van der Waals surface area contributed by atoms with E-state index in [2.05, 4.69) is 16.3 Å². The molecule has 218 valence electrons. The molecule has 7 atom stereocenters. The van der Waals surface area contributed by atoms with Crippen LogP contribution < -0.4 is 25.8 Å². The van der Waals surface area contributed by atoms with Gasteiger partial charge in [0.1, 0.15) is 29.4 Å². The summed E-state index contributed by atoms with van der Waals surface area (Å²) in [5.41, 5.74) is 2.61. The first-order chi connectivity index (χ1) is 18.7. The molecular formula is C26H40ClN5O7. The van der Waals surface area contributed by atoms with Gasteiger partial charge in [-0.1, -0.05) is 11.7 Å². The molecule has 4 heterocycles. The molecule has 5 rings (SSSR count). The summed E-state index contributed by atoms with van der Waals surface area (Å²) in [6.45, 7) is 7.17. The minimum absolute atomic E-state index is 0.00226. The Morgan fingerprint density at radius 1 is 1.18 bits per heavy atom. The smallest absolute Gasteiger partial charge is 0.410 e. The van der Waals surface area contributed by atoms with Crippen molar-refractivity contribution < 1.29 is 33.5 Å². The number of rotatable bonds is 7. The first-order valence-corrected chi connectivity index (χ1v) is 13.9. The van der Waals surface area contributed by atoms with Crippen molar-refractivity contribution in [3.05, 3.63) is 23.8 Å². The Kier molecular flexibility index (Phi) is 8.74. The van der Waals surface area contributed by atoms with Crippen LogP contribution in [-0.4, -0.2) is 91.0 Å². The Hall–Kier alpha value is -1.90. The number of piperidine rings is 1. The molecule has 2 bridgehead atoms. The zero-order valence-corrected chi connectivity index (χ0v) is 23.9. The lowest BCUT2D eigenvalue weighted by Gasteiger charge is -2.47. The standard InChI is InChI=1S/C26H40ClN5O7/c1-26(2,3)37-25(33)32-16-7-9-19(32)18(28-12-16)14-36-24-23-20(11-22(27)29-24)31(39-30-38-23)13-15-6-8-17(34-4)10-21(15)35-5/h6,8,10,16,18-20,22-24,28-30H,7,9,11-14H2,1-5H3/t16-,18?,19+,20?,22?,23?,24?/m0/s1. The van der Waals surface area contributed by atoms with Crippen LogP contribution in [0.25, 0.3) is 0 Å². The average Bonchev–Trinajstić information content (AvgIpc) is 3.22. The van der Waals surface area contributed by atoms with E-state index < -0.39 is 17.9 Å². The van der Waals surface area contributed by atoms with Crippen molar-refractivity contribution in [2.75, 3.05) is 27.4 Å². The minimum atomic E-state index is -0.543. The summed E-state index contributed by atoms with van der Waals surface area (Å²) >= 11 is 6.63. The number of alkyl halides is 1. The summed E-state index contributed by atoms with van der Waals surface area (Å²) in [5.74, 6) is 1.40. The van der Waals surface area contributed by atoms with Gasteiger partial charge in [0.25, 0.3) is 0 Å². The minimum Gasteiger partial charge on any atom is -0.497 e. The van der Waals surface area contributed by atoms with E-state index in [1.807, 2.05) is 43.9 Å². The van der Waals surface area contributed by atoms with Gasteiger partial charge in [0.2, 0.25) is 0 Å². The van der Waals surface area contributed by atoms with Crippen LogP contribution in [0, 0.1) is 0 Å². The van der Waals surface area contributed by atoms with Crippen molar-refractivity contribution in [3.8, 4) is 11.5 Å². The summed E-state index contributed by atoms with van der Waals surface area (Å²) in [5, 5.41) is 8.67. The number of hydrogen-bond acceptors (Lipinski definition) is 11. The molecule has 3 N–H and O–H groups in total. The van der Waals surface area contributed by atoms with Gasteiger partial charge in [-0.2, -0.15) is 10.0 Å². The number of nitrogens with one attached hydrogen (secondary N) is 3. The number of hydroxylamine groups is 2. The van der Waals surface area contributed by atoms with Crippen LogP contribution in [0.15, 0.2) is 18.2 Å². The van der Waals surface area contributed by atoms with Gasteiger partial charge >= 0.3 is 6.09 Å². The molecule has 1 amide bonds. The predicted molar refractivity (Wildman–Crippen MR) is 142 cm³/mol. The Labute approximate surface area is 234 Å². The molecule has 13 heteroatoms. The quantitative estimate of drug-likeness (QED) is 0.332. The van der Waals surface area contributed by atoms with E-state index in [1.54, 1.807) is 19.3 Å². The maximum absolute atomic E-state index is 13.0. The van der Waals surface area contributed by atoms with Crippen LogP contribution in [0.3, 0.4) is 0 Å². The molecule has 1 aromatic carbocycles. The molecule has 0 radical (unpaired) electrons. The highest BCUT2D eigenvalue weighted by Crippen LogP contribution is 2.34. The zero-order chi connectivity index (χ0) is 27.7. The van der Waals surface area contributed by atoms with E-state index in [9.17, 15) is 4.79 Å². The van der Waals surface area contributed by atoms with E-state index in [-0.39, 0.29) is 35.8 Å². The Balaban J connectivity index is 1.24. The number of nitrogens with zero attached hydrogens (tertiary/aromatic N) is 2. The average molecular weight is 570 g/mol. The molecule has 4 saturated heterocycles. The van der Waals surface area contributed by atoms with Crippen molar-refractivity contribution in [1.29, 1.82) is 0 Å². The third kappa shape index (κ3) is 6.38. The second-order valence-corrected chi connectivity index (χ2v) is 11.9. The second kappa shape index (κ2) is 11.9. The van der Waals surface area contributed by atoms with Crippen LogP contribution in [-0.2, 0) is 25.8 Å². The van der Waals surface area contributed by atoms with Crippen molar-refractivity contribution in [2.45, 2.75) is 94.2 Å². The summed E-state index contributed by atoms with van der Waals surface area (Å²) in [7, 11) is 3.24. The van der Waals surface area contributed by atoms with Gasteiger partial charge in [0.05, 0.1) is 51.0 Å². The fourth-order valence-corrected chi connectivity index (χ4v) is 6.16. The fourth-order valence-electron chi connectivity index (χ4n) is 5.85. The molecule has 1 aromatic rings. The number of carbonyl (C=O) groups is 1. The molecule has 12 nitrogen and oxygen atoms in total. The lowest BCUT2D eigenvalue weighted by atomic mass is 10.00. The largest absolute Gasteiger partial charge is 0.497 e. The SMILES string of the molecule is COc1ccc(CN2ONOC3C(OCC4NC[C@@H]5CC[C@H]4N5C(=O)OC(C)(C)C)NC(Cl)CC32)c(OC)c1. The van der Waals surface area contributed by atoms with Gasteiger partial charge in [-0.3, -0.25) is 15.1 Å². The number of piperazine rings is 1. The number of methoxy groups -OCH3 is 2. The maximum Gasteiger partial charge on any atom is 0.410 e. The van der Waals surface area contributed by atoms with E-state index in [1.165, 1.54) is 0 Å². The molecule has 0 aromatic heterocycles. The Bertz CT molecular complexity index is 1010. The van der Waals surface area contributed by atoms with Crippen LogP contribution >= 0.6 is 11.6 Å². The van der Waals surface area contributed by atoms with Gasteiger partial charge in [-0.05, 0) is 46.1 Å². The third-order valence-electron chi connectivity index (χ3n) is 7.69. The lowest BCUT2D eigenvalue weighted by Crippen LogP contribution is -2.67. The second-order valence-electron chi connectivity index (χ2n) is 11.4. The van der Waals surface area contributed by atoms with E-state index in [0.717, 1.165) is 18.4 Å². The molecule has 0 saturated carbocycles. The van der Waals surface area contributed by atoms with Gasteiger partial charge < -0.3 is 24.3 Å². The van der Waals surface area contributed by atoms with Gasteiger partial charge in [0.15, 0.2) is 0 Å². The van der Waals surface area contributed by atoms with Gasteiger partial charge in [-0.25, -0.2) is 4.79 Å². The Morgan fingerprint density at radius 2 is 2.00 bits per heavy atom. The lowest BCUT2D eigenvalue weighted by molar-refractivity contribution is -0.407. The highest BCUT2D eigenvalue weighted by molar-refractivity contribution is 6.20. The van der Waals surface area contributed by atoms with Crippen molar-refractivity contribution in [2.24, 2.45) is 0 Å². The monoisotopic (exact) mass is 569 g/mol. The molecule has 4 aliphatic rings. The van der Waals surface area contributed by atoms with Crippen LogP contribution in [0.1, 0.15) is 45.6 Å². The van der Waals surface area contributed by atoms with E-state index in [0.29, 0.717) is 37.6 Å². The fraction of sp³-hybridized carbons (Fsp3) is 0.731. The number of ether oxygens (including phenoxy) is 4. The first-order valence-electron chi connectivity index (χ1n) is 13.5. The molecule has 0 aliphatic carbocycles. The van der Waals surface area contributed by atoms with E-state index >= 15 is 0 Å². The van der Waals surface area contributed by atoms with Gasteiger partial charge in [-0.15, -0.1) is 11.6 Å². The molecule has 5 unspecified atom stereocenters. The van der Waals surface area contributed by atoms with Crippen LogP contribution in [0.5, 0.6) is 11.5 Å². The summed E-state index contributed by atoms with van der Waals surface area (Å²) < 4.78 is 23.0. The van der Waals surface area contributed by atoms with Gasteiger partial charge in [0, 0.05) is 24.2 Å². The van der Waals surface area contributed by atoms with E-state index in [4.69, 9.17) is 40.3 Å². The number of carbonyl (C=O) groups excluding carboxylic acids is 1. The first kappa shape index (κ1) is 28.6. The topological polar surface area (TPSA) is 115 Å². The number of hydrogen-bond donors (Lipinski definition) is 3. The normalized spacial score (nSPS) is 33.0. The molecular weight excluding hydrogens is 530 g/mol. The van der Waals surface area contributed by atoms with Crippen LogP contribution in [0.2, 0.25) is 0 Å². The van der Waals surface area contributed by atoms with Crippen molar-refractivity contribution >= 4 is 17.7 Å². The molecule has 4 fully saturated rings. The number of amides is 1. The predicted octanol–water partition coefficient (Wildman–Crippen LogP) is 2.27. The number of benzene rings is 1. The van der Waals surface area contributed by atoms with Crippen molar-refractivity contribution in [3.63, 3.8) is 0 Å². The van der Waals surface area contributed by atoms with Crippen molar-refractivity contribution in [1.82, 2.24) is 26.2 Å².